The maximum atomic E-state index is 12.6. The standard InChI is InChI=1S/C20H33N3O3/c1-7-16(5)21-19(24)17-8-9-18(15(4)12-17)22-20(25)23(10-11-26-6)13-14(2)3/h8-9,12,14,16H,7,10-11,13H2,1-6H3,(H,21,24)(H,22,25). The third-order valence-corrected chi connectivity index (χ3v) is 4.16. The van der Waals surface area contributed by atoms with Crippen molar-refractivity contribution in [2.45, 2.75) is 47.1 Å². The van der Waals surface area contributed by atoms with E-state index < -0.39 is 0 Å². The van der Waals surface area contributed by atoms with Crippen molar-refractivity contribution in [2.24, 2.45) is 5.92 Å². The molecule has 0 saturated carbocycles. The van der Waals surface area contributed by atoms with Gasteiger partial charge >= 0.3 is 6.03 Å². The lowest BCUT2D eigenvalue weighted by molar-refractivity contribution is 0.0939. The Morgan fingerprint density at radius 3 is 2.46 bits per heavy atom. The molecule has 0 saturated heterocycles. The van der Waals surface area contributed by atoms with Gasteiger partial charge in [0.1, 0.15) is 0 Å². The van der Waals surface area contributed by atoms with Crippen LogP contribution >= 0.6 is 0 Å². The van der Waals surface area contributed by atoms with Crippen LogP contribution in [-0.2, 0) is 4.74 Å². The van der Waals surface area contributed by atoms with Gasteiger partial charge in [-0.25, -0.2) is 4.79 Å². The Bertz CT molecular complexity index is 602. The zero-order valence-corrected chi connectivity index (χ0v) is 16.9. The third-order valence-electron chi connectivity index (χ3n) is 4.16. The predicted octanol–water partition coefficient (Wildman–Crippen LogP) is 3.66. The molecule has 1 aromatic carbocycles. The molecular weight excluding hydrogens is 330 g/mol. The average Bonchev–Trinajstić information content (AvgIpc) is 2.59. The lowest BCUT2D eigenvalue weighted by atomic mass is 10.1. The summed E-state index contributed by atoms with van der Waals surface area (Å²) in [5.74, 6) is 0.271. The highest BCUT2D eigenvalue weighted by atomic mass is 16.5. The fourth-order valence-electron chi connectivity index (χ4n) is 2.47. The van der Waals surface area contributed by atoms with Crippen LogP contribution in [0.25, 0.3) is 0 Å². The number of hydrogen-bond acceptors (Lipinski definition) is 3. The topological polar surface area (TPSA) is 70.7 Å². The number of anilines is 1. The quantitative estimate of drug-likeness (QED) is 0.703. The van der Waals surface area contributed by atoms with E-state index in [1.807, 2.05) is 20.8 Å². The van der Waals surface area contributed by atoms with Gasteiger partial charge in [-0.05, 0) is 49.9 Å². The molecule has 0 bridgehead atoms. The number of aryl methyl sites for hydroxylation is 1. The summed E-state index contributed by atoms with van der Waals surface area (Å²) in [7, 11) is 1.62. The molecule has 0 aliphatic heterocycles. The molecule has 1 aromatic rings. The average molecular weight is 364 g/mol. The molecule has 0 spiro atoms. The van der Waals surface area contributed by atoms with E-state index in [1.54, 1.807) is 30.2 Å². The largest absolute Gasteiger partial charge is 0.383 e. The molecule has 0 aliphatic carbocycles. The van der Waals surface area contributed by atoms with E-state index in [0.717, 1.165) is 12.0 Å². The van der Waals surface area contributed by atoms with Gasteiger partial charge in [0.05, 0.1) is 6.61 Å². The number of hydrogen-bond donors (Lipinski definition) is 2. The van der Waals surface area contributed by atoms with Gasteiger partial charge in [0.25, 0.3) is 5.91 Å². The zero-order valence-electron chi connectivity index (χ0n) is 16.9. The number of methoxy groups -OCH3 is 1. The minimum atomic E-state index is -0.157. The predicted molar refractivity (Wildman–Crippen MR) is 106 cm³/mol. The van der Waals surface area contributed by atoms with Crippen LogP contribution in [0.15, 0.2) is 18.2 Å². The maximum Gasteiger partial charge on any atom is 0.321 e. The van der Waals surface area contributed by atoms with Gasteiger partial charge in [-0.1, -0.05) is 20.8 Å². The molecule has 1 rings (SSSR count). The Kier molecular flexibility index (Phi) is 9.13. The Hall–Kier alpha value is -2.08. The molecule has 1 unspecified atom stereocenters. The Morgan fingerprint density at radius 2 is 1.92 bits per heavy atom. The number of carbonyl (C=O) groups is 2. The van der Waals surface area contributed by atoms with Gasteiger partial charge in [-0.15, -0.1) is 0 Å². The summed E-state index contributed by atoms with van der Waals surface area (Å²) in [4.78, 5) is 26.6. The third kappa shape index (κ3) is 7.04. The Labute approximate surface area is 157 Å². The van der Waals surface area contributed by atoms with E-state index >= 15 is 0 Å². The molecule has 0 fully saturated rings. The van der Waals surface area contributed by atoms with Crippen molar-refractivity contribution >= 4 is 17.6 Å². The summed E-state index contributed by atoms with van der Waals surface area (Å²) in [6, 6.07) is 5.29. The first kappa shape index (κ1) is 22.0. The van der Waals surface area contributed by atoms with E-state index in [4.69, 9.17) is 4.74 Å². The van der Waals surface area contributed by atoms with Gasteiger partial charge in [0.15, 0.2) is 0 Å². The zero-order chi connectivity index (χ0) is 19.7. The Balaban J connectivity index is 2.82. The number of carbonyl (C=O) groups excluding carboxylic acids is 2. The SMILES string of the molecule is CCC(C)NC(=O)c1ccc(NC(=O)N(CCOC)CC(C)C)c(C)c1. The minimum Gasteiger partial charge on any atom is -0.383 e. The summed E-state index contributed by atoms with van der Waals surface area (Å²) in [6.45, 7) is 11.7. The van der Waals surface area contributed by atoms with E-state index in [0.29, 0.717) is 36.9 Å². The number of nitrogens with one attached hydrogen (secondary N) is 2. The molecule has 6 nitrogen and oxygen atoms in total. The number of urea groups is 1. The molecule has 2 N–H and O–H groups in total. The van der Waals surface area contributed by atoms with E-state index in [9.17, 15) is 9.59 Å². The van der Waals surface area contributed by atoms with Crippen LogP contribution < -0.4 is 10.6 Å². The summed E-state index contributed by atoms with van der Waals surface area (Å²) in [6.07, 6.45) is 0.881. The van der Waals surface area contributed by atoms with Gasteiger partial charge in [-0.3, -0.25) is 4.79 Å². The summed E-state index contributed by atoms with van der Waals surface area (Å²) >= 11 is 0. The van der Waals surface area contributed by atoms with Crippen molar-refractivity contribution in [1.29, 1.82) is 0 Å². The van der Waals surface area contributed by atoms with E-state index in [-0.39, 0.29) is 18.0 Å². The summed E-state index contributed by atoms with van der Waals surface area (Å²) < 4.78 is 5.09. The van der Waals surface area contributed by atoms with Crippen molar-refractivity contribution in [3.05, 3.63) is 29.3 Å². The number of amides is 3. The molecule has 1 atom stereocenters. The van der Waals surface area contributed by atoms with Crippen LogP contribution in [0.5, 0.6) is 0 Å². The first-order chi connectivity index (χ1) is 12.3. The van der Waals surface area contributed by atoms with E-state index in [1.165, 1.54) is 0 Å². The van der Waals surface area contributed by atoms with Crippen LogP contribution in [0, 0.1) is 12.8 Å². The van der Waals surface area contributed by atoms with Crippen LogP contribution in [0.2, 0.25) is 0 Å². The fourth-order valence-corrected chi connectivity index (χ4v) is 2.47. The van der Waals surface area contributed by atoms with Crippen LogP contribution in [0.1, 0.15) is 50.0 Å². The van der Waals surface area contributed by atoms with Crippen molar-refractivity contribution < 1.29 is 14.3 Å². The molecular formula is C20H33N3O3. The highest BCUT2D eigenvalue weighted by Gasteiger charge is 2.16. The number of benzene rings is 1. The van der Waals surface area contributed by atoms with Gasteiger partial charge < -0.3 is 20.3 Å². The molecule has 26 heavy (non-hydrogen) atoms. The summed E-state index contributed by atoms with van der Waals surface area (Å²) in [5, 5.41) is 5.89. The highest BCUT2D eigenvalue weighted by Crippen LogP contribution is 2.18. The van der Waals surface area contributed by atoms with Crippen molar-refractivity contribution in [3.8, 4) is 0 Å². The smallest absolute Gasteiger partial charge is 0.321 e. The first-order valence-electron chi connectivity index (χ1n) is 9.24. The second-order valence-corrected chi connectivity index (χ2v) is 7.08. The van der Waals surface area contributed by atoms with Crippen LogP contribution in [0.4, 0.5) is 10.5 Å². The second-order valence-electron chi connectivity index (χ2n) is 7.08. The monoisotopic (exact) mass is 363 g/mol. The molecule has 0 radical (unpaired) electrons. The number of rotatable bonds is 9. The van der Waals surface area contributed by atoms with Crippen molar-refractivity contribution in [3.63, 3.8) is 0 Å². The lowest BCUT2D eigenvalue weighted by Crippen LogP contribution is -2.39. The first-order valence-corrected chi connectivity index (χ1v) is 9.24. The molecule has 146 valence electrons. The molecule has 6 heteroatoms. The summed E-state index contributed by atoms with van der Waals surface area (Å²) in [5.41, 5.74) is 2.16. The Morgan fingerprint density at radius 1 is 1.23 bits per heavy atom. The van der Waals surface area contributed by atoms with Crippen LogP contribution in [-0.4, -0.2) is 49.7 Å². The van der Waals surface area contributed by atoms with E-state index in [2.05, 4.69) is 24.5 Å². The van der Waals surface area contributed by atoms with Gasteiger partial charge in [0, 0.05) is 37.5 Å². The molecule has 0 aromatic heterocycles. The fraction of sp³-hybridized carbons (Fsp3) is 0.600. The van der Waals surface area contributed by atoms with Crippen molar-refractivity contribution in [1.82, 2.24) is 10.2 Å². The number of ether oxygens (including phenoxy) is 1. The minimum absolute atomic E-state index is 0.0955. The second kappa shape index (κ2) is 10.8. The van der Waals surface area contributed by atoms with Gasteiger partial charge in [0.2, 0.25) is 0 Å². The highest BCUT2D eigenvalue weighted by molar-refractivity contribution is 5.96. The molecule has 0 aliphatic rings. The number of nitrogens with zero attached hydrogens (tertiary/aromatic N) is 1. The maximum absolute atomic E-state index is 12.6. The normalized spacial score (nSPS) is 12.0. The molecule has 3 amide bonds. The van der Waals surface area contributed by atoms with Gasteiger partial charge in [-0.2, -0.15) is 0 Å². The van der Waals surface area contributed by atoms with Crippen molar-refractivity contribution in [2.75, 3.05) is 32.1 Å². The molecule has 0 heterocycles. The lowest BCUT2D eigenvalue weighted by Gasteiger charge is -2.25. The van der Waals surface area contributed by atoms with Crippen LogP contribution in [0.3, 0.4) is 0 Å².